The molecule has 6 heteroatoms. The van der Waals surface area contributed by atoms with Gasteiger partial charge in [-0.1, -0.05) is 238 Å². The van der Waals surface area contributed by atoms with Crippen LogP contribution in [0.2, 0.25) is 0 Å². The Morgan fingerprint density at radius 2 is 0.559 bits per heavy atom. The van der Waals surface area contributed by atoms with Crippen molar-refractivity contribution in [2.45, 2.75) is 297 Å². The van der Waals surface area contributed by atoms with Gasteiger partial charge in [-0.3, -0.25) is 14.4 Å². The second kappa shape index (κ2) is 48.8. The maximum atomic E-state index is 12.8. The van der Waals surface area contributed by atoms with Gasteiger partial charge in [0.05, 0.1) is 0 Å². The Kier molecular flexibility index (Phi) is 47.3. The highest BCUT2D eigenvalue weighted by Gasteiger charge is 2.19. The Hall–Kier alpha value is -1.85. The fraction of sp³-hybridized carbons (Fsp3) is 0.906. The smallest absolute Gasteiger partial charge is 0.306 e. The van der Waals surface area contributed by atoms with E-state index in [1.54, 1.807) is 0 Å². The number of ether oxygens (including phenoxy) is 3. The molecule has 0 rings (SSSR count). The molecule has 0 aromatic rings. The Morgan fingerprint density at radius 1 is 0.322 bits per heavy atom. The van der Waals surface area contributed by atoms with Crippen LogP contribution in [0, 0.1) is 0 Å². The molecule has 0 heterocycles. The van der Waals surface area contributed by atoms with Gasteiger partial charge >= 0.3 is 17.9 Å². The minimum absolute atomic E-state index is 0.0660. The highest BCUT2D eigenvalue weighted by Crippen LogP contribution is 2.16. The number of carbonyl (C=O) groups is 3. The summed E-state index contributed by atoms with van der Waals surface area (Å²) in [6, 6.07) is 0. The van der Waals surface area contributed by atoms with Crippen LogP contribution in [0.1, 0.15) is 290 Å². The standard InChI is InChI=1S/C53H100O6/c1-4-7-10-13-16-19-22-24-25-26-27-29-32-34-37-40-43-46-52(55)58-49-50(59-53(56)47-44-41-38-35-30-21-18-15-12-9-6-3)48-57-51(54)45-42-39-36-33-31-28-23-20-17-14-11-8-5-2/h24-25,50H,4-23,26-49H2,1-3H3/b25-24-/t50-/m0/s1. The van der Waals surface area contributed by atoms with E-state index in [1.807, 2.05) is 0 Å². The molecule has 1 atom stereocenters. The SMILES string of the molecule is CCCCCCCC/C=C\CCCCCCCCCC(=O)OC[C@H](COC(=O)CCCCCCCCCCCCCCC)OC(=O)CCCCCCCCCCCCC. The number of carbonyl (C=O) groups excluding carboxylic acids is 3. The molecule has 0 spiro atoms. The first kappa shape index (κ1) is 57.1. The molecule has 0 aliphatic rings. The second-order valence-corrected chi connectivity index (χ2v) is 17.8. The van der Waals surface area contributed by atoms with Gasteiger partial charge in [-0.2, -0.15) is 0 Å². The van der Waals surface area contributed by atoms with Crippen molar-refractivity contribution < 1.29 is 28.6 Å². The number of hydrogen-bond donors (Lipinski definition) is 0. The second-order valence-electron chi connectivity index (χ2n) is 17.8. The number of unbranched alkanes of at least 4 members (excludes halogenated alkanes) is 35. The van der Waals surface area contributed by atoms with Crippen molar-refractivity contribution in [3.8, 4) is 0 Å². The van der Waals surface area contributed by atoms with Gasteiger partial charge in [-0.15, -0.1) is 0 Å². The van der Waals surface area contributed by atoms with Gasteiger partial charge in [0, 0.05) is 19.3 Å². The minimum Gasteiger partial charge on any atom is -0.462 e. The van der Waals surface area contributed by atoms with E-state index in [0.29, 0.717) is 19.3 Å². The van der Waals surface area contributed by atoms with Gasteiger partial charge in [0.15, 0.2) is 6.10 Å². The van der Waals surface area contributed by atoms with Crippen LogP contribution < -0.4 is 0 Å². The first-order valence-electron chi connectivity index (χ1n) is 26.2. The lowest BCUT2D eigenvalue weighted by molar-refractivity contribution is -0.167. The summed E-state index contributed by atoms with van der Waals surface area (Å²) in [4.78, 5) is 37.9. The molecule has 0 aliphatic heterocycles. The normalized spacial score (nSPS) is 12.0. The van der Waals surface area contributed by atoms with Crippen LogP contribution >= 0.6 is 0 Å². The zero-order valence-electron chi connectivity index (χ0n) is 39.8. The van der Waals surface area contributed by atoms with Crippen molar-refractivity contribution in [1.82, 2.24) is 0 Å². The van der Waals surface area contributed by atoms with Gasteiger partial charge in [0.1, 0.15) is 13.2 Å². The number of esters is 3. The average molecular weight is 833 g/mol. The van der Waals surface area contributed by atoms with Crippen molar-refractivity contribution in [1.29, 1.82) is 0 Å². The Morgan fingerprint density at radius 3 is 0.847 bits per heavy atom. The third-order valence-electron chi connectivity index (χ3n) is 11.8. The van der Waals surface area contributed by atoms with Gasteiger partial charge in [0.25, 0.3) is 0 Å². The van der Waals surface area contributed by atoms with Gasteiger partial charge < -0.3 is 14.2 Å². The van der Waals surface area contributed by atoms with Crippen molar-refractivity contribution in [2.24, 2.45) is 0 Å². The number of allylic oxidation sites excluding steroid dienone is 2. The van der Waals surface area contributed by atoms with Crippen molar-refractivity contribution >= 4 is 17.9 Å². The van der Waals surface area contributed by atoms with E-state index in [0.717, 1.165) is 57.8 Å². The lowest BCUT2D eigenvalue weighted by atomic mass is 10.0. The average Bonchev–Trinajstić information content (AvgIpc) is 3.23. The Labute approximate surface area is 367 Å². The van der Waals surface area contributed by atoms with Crippen LogP contribution in [0.3, 0.4) is 0 Å². The van der Waals surface area contributed by atoms with Crippen LogP contribution in [0.5, 0.6) is 0 Å². The van der Waals surface area contributed by atoms with Crippen LogP contribution in [0.15, 0.2) is 12.2 Å². The molecule has 0 aromatic heterocycles. The van der Waals surface area contributed by atoms with E-state index in [9.17, 15) is 14.4 Å². The molecule has 348 valence electrons. The first-order chi connectivity index (χ1) is 29.0. The highest BCUT2D eigenvalue weighted by molar-refractivity contribution is 5.71. The quantitative estimate of drug-likeness (QED) is 0.0263. The van der Waals surface area contributed by atoms with E-state index >= 15 is 0 Å². The predicted molar refractivity (Wildman–Crippen MR) is 252 cm³/mol. The molecular weight excluding hydrogens is 733 g/mol. The van der Waals surface area contributed by atoms with Crippen molar-refractivity contribution in [3.05, 3.63) is 12.2 Å². The van der Waals surface area contributed by atoms with Gasteiger partial charge in [-0.25, -0.2) is 0 Å². The van der Waals surface area contributed by atoms with Crippen LogP contribution in [-0.2, 0) is 28.6 Å². The van der Waals surface area contributed by atoms with E-state index in [1.165, 1.54) is 193 Å². The molecule has 0 fully saturated rings. The van der Waals surface area contributed by atoms with E-state index < -0.39 is 6.10 Å². The third-order valence-corrected chi connectivity index (χ3v) is 11.8. The maximum Gasteiger partial charge on any atom is 0.306 e. The van der Waals surface area contributed by atoms with Crippen LogP contribution in [-0.4, -0.2) is 37.2 Å². The molecule has 0 N–H and O–H groups in total. The molecular formula is C53H100O6. The molecule has 6 nitrogen and oxygen atoms in total. The van der Waals surface area contributed by atoms with Crippen molar-refractivity contribution in [2.75, 3.05) is 13.2 Å². The van der Waals surface area contributed by atoms with Crippen LogP contribution in [0.4, 0.5) is 0 Å². The molecule has 0 amide bonds. The minimum atomic E-state index is -0.764. The molecule has 0 saturated carbocycles. The molecule has 0 bridgehead atoms. The molecule has 0 saturated heterocycles. The largest absolute Gasteiger partial charge is 0.462 e. The Balaban J connectivity index is 4.29. The van der Waals surface area contributed by atoms with Crippen LogP contribution in [0.25, 0.3) is 0 Å². The molecule has 0 aromatic carbocycles. The van der Waals surface area contributed by atoms with E-state index in [-0.39, 0.29) is 31.1 Å². The lowest BCUT2D eigenvalue weighted by Gasteiger charge is -2.18. The third kappa shape index (κ3) is 47.1. The molecule has 0 radical (unpaired) electrons. The van der Waals surface area contributed by atoms with Gasteiger partial charge in [0.2, 0.25) is 0 Å². The Bertz CT molecular complexity index is 916. The molecule has 0 aliphatic carbocycles. The summed E-state index contributed by atoms with van der Waals surface area (Å²) < 4.78 is 16.8. The monoisotopic (exact) mass is 833 g/mol. The maximum absolute atomic E-state index is 12.8. The fourth-order valence-corrected chi connectivity index (χ4v) is 7.79. The topological polar surface area (TPSA) is 78.9 Å². The van der Waals surface area contributed by atoms with E-state index in [2.05, 4.69) is 32.9 Å². The van der Waals surface area contributed by atoms with Crippen molar-refractivity contribution in [3.63, 3.8) is 0 Å². The zero-order chi connectivity index (χ0) is 43.0. The highest BCUT2D eigenvalue weighted by atomic mass is 16.6. The molecule has 59 heavy (non-hydrogen) atoms. The zero-order valence-corrected chi connectivity index (χ0v) is 39.8. The fourth-order valence-electron chi connectivity index (χ4n) is 7.79. The summed E-state index contributed by atoms with van der Waals surface area (Å²) in [6.07, 6.45) is 53.3. The van der Waals surface area contributed by atoms with Gasteiger partial charge in [-0.05, 0) is 44.9 Å². The number of rotatable bonds is 48. The van der Waals surface area contributed by atoms with E-state index in [4.69, 9.17) is 14.2 Å². The summed E-state index contributed by atoms with van der Waals surface area (Å²) in [5.41, 5.74) is 0. The summed E-state index contributed by atoms with van der Waals surface area (Å²) in [6.45, 7) is 6.66. The first-order valence-corrected chi connectivity index (χ1v) is 26.2. The summed E-state index contributed by atoms with van der Waals surface area (Å²) >= 11 is 0. The summed E-state index contributed by atoms with van der Waals surface area (Å²) in [5, 5.41) is 0. The molecule has 0 unspecified atom stereocenters. The summed E-state index contributed by atoms with van der Waals surface area (Å²) in [5.74, 6) is -0.855. The number of hydrogen-bond acceptors (Lipinski definition) is 6. The lowest BCUT2D eigenvalue weighted by Crippen LogP contribution is -2.30. The summed E-state index contributed by atoms with van der Waals surface area (Å²) in [7, 11) is 0. The predicted octanol–water partition coefficient (Wildman–Crippen LogP) is 17.0.